The predicted octanol–water partition coefficient (Wildman–Crippen LogP) is 0.697. The molecule has 1 aliphatic heterocycles. The second-order valence-electron chi connectivity index (χ2n) is 4.98. The van der Waals surface area contributed by atoms with E-state index in [4.69, 9.17) is 0 Å². The number of likely N-dealkylation sites (tertiary alicyclic amines) is 1. The molecule has 17 heavy (non-hydrogen) atoms. The lowest BCUT2D eigenvalue weighted by Crippen LogP contribution is -2.43. The highest BCUT2D eigenvalue weighted by Crippen LogP contribution is 2.14. The SMILES string of the molecule is Cc1nnc(CNCC2CCCCN2C)n1C. The molecule has 0 aliphatic carbocycles. The summed E-state index contributed by atoms with van der Waals surface area (Å²) in [5, 5.41) is 11.7. The van der Waals surface area contributed by atoms with Crippen LogP contribution >= 0.6 is 0 Å². The van der Waals surface area contributed by atoms with Crippen LogP contribution in [-0.2, 0) is 13.6 Å². The Hall–Kier alpha value is -0.940. The first-order chi connectivity index (χ1) is 8.18. The zero-order chi connectivity index (χ0) is 12.3. The van der Waals surface area contributed by atoms with E-state index >= 15 is 0 Å². The van der Waals surface area contributed by atoms with Crippen molar-refractivity contribution in [3.63, 3.8) is 0 Å². The van der Waals surface area contributed by atoms with Gasteiger partial charge in [0.2, 0.25) is 0 Å². The van der Waals surface area contributed by atoms with Crippen LogP contribution in [0.4, 0.5) is 0 Å². The smallest absolute Gasteiger partial charge is 0.146 e. The van der Waals surface area contributed by atoms with Crippen LogP contribution in [0.3, 0.4) is 0 Å². The molecular formula is C12H23N5. The second kappa shape index (κ2) is 5.60. The Balaban J connectivity index is 1.77. The van der Waals surface area contributed by atoms with Crippen molar-refractivity contribution in [1.82, 2.24) is 25.0 Å². The van der Waals surface area contributed by atoms with Crippen LogP contribution in [0.2, 0.25) is 0 Å². The minimum atomic E-state index is 0.679. The first-order valence-electron chi connectivity index (χ1n) is 6.44. The zero-order valence-electron chi connectivity index (χ0n) is 11.1. The van der Waals surface area contributed by atoms with Crippen molar-refractivity contribution in [2.24, 2.45) is 7.05 Å². The average molecular weight is 237 g/mol. The third-order valence-electron chi connectivity index (χ3n) is 3.77. The van der Waals surface area contributed by atoms with Crippen molar-refractivity contribution in [2.45, 2.75) is 38.8 Å². The number of likely N-dealkylation sites (N-methyl/N-ethyl adjacent to an activating group) is 1. The molecule has 0 saturated carbocycles. The molecule has 1 saturated heterocycles. The molecule has 0 radical (unpaired) electrons. The maximum absolute atomic E-state index is 4.15. The van der Waals surface area contributed by atoms with Gasteiger partial charge in [-0.15, -0.1) is 10.2 Å². The van der Waals surface area contributed by atoms with E-state index < -0.39 is 0 Å². The van der Waals surface area contributed by atoms with Crippen LogP contribution < -0.4 is 5.32 Å². The number of piperidine rings is 1. The molecule has 96 valence electrons. The fourth-order valence-electron chi connectivity index (χ4n) is 2.36. The zero-order valence-corrected chi connectivity index (χ0v) is 11.1. The van der Waals surface area contributed by atoms with Gasteiger partial charge in [-0.1, -0.05) is 6.42 Å². The number of rotatable bonds is 4. The summed E-state index contributed by atoms with van der Waals surface area (Å²) < 4.78 is 2.04. The van der Waals surface area contributed by atoms with Crippen molar-refractivity contribution in [2.75, 3.05) is 20.1 Å². The lowest BCUT2D eigenvalue weighted by molar-refractivity contribution is 0.181. The Morgan fingerprint density at radius 1 is 1.29 bits per heavy atom. The highest BCUT2D eigenvalue weighted by molar-refractivity contribution is 4.92. The first kappa shape index (κ1) is 12.5. The summed E-state index contributed by atoms with van der Waals surface area (Å²) in [5.74, 6) is 1.98. The van der Waals surface area contributed by atoms with E-state index in [2.05, 4.69) is 27.5 Å². The Morgan fingerprint density at radius 3 is 2.76 bits per heavy atom. The Bertz CT molecular complexity index is 360. The van der Waals surface area contributed by atoms with Crippen molar-refractivity contribution in [3.8, 4) is 0 Å². The molecule has 1 atom stereocenters. The standard InChI is InChI=1S/C12H23N5/c1-10-14-15-12(17(10)3)9-13-8-11-6-4-5-7-16(11)2/h11,13H,4-9H2,1-3H3. The molecule has 1 aliphatic rings. The molecule has 5 heteroatoms. The summed E-state index contributed by atoms with van der Waals surface area (Å²) in [5.41, 5.74) is 0. The highest BCUT2D eigenvalue weighted by Gasteiger charge is 2.18. The van der Waals surface area contributed by atoms with Crippen LogP contribution in [0.25, 0.3) is 0 Å². The summed E-state index contributed by atoms with van der Waals surface area (Å²) in [6.45, 7) is 5.06. The van der Waals surface area contributed by atoms with Gasteiger partial charge < -0.3 is 14.8 Å². The van der Waals surface area contributed by atoms with Gasteiger partial charge in [0.05, 0.1) is 6.54 Å². The summed E-state index contributed by atoms with van der Waals surface area (Å²) >= 11 is 0. The normalized spacial score (nSPS) is 21.9. The Labute approximate surface area is 103 Å². The van der Waals surface area contributed by atoms with E-state index in [-0.39, 0.29) is 0 Å². The van der Waals surface area contributed by atoms with Gasteiger partial charge in [-0.3, -0.25) is 0 Å². The molecule has 1 fully saturated rings. The monoisotopic (exact) mass is 237 g/mol. The second-order valence-corrected chi connectivity index (χ2v) is 4.98. The van der Waals surface area contributed by atoms with E-state index in [0.717, 1.165) is 24.7 Å². The van der Waals surface area contributed by atoms with Gasteiger partial charge in [0, 0.05) is 19.6 Å². The molecule has 1 aromatic rings. The third-order valence-corrected chi connectivity index (χ3v) is 3.77. The van der Waals surface area contributed by atoms with Crippen molar-refractivity contribution in [1.29, 1.82) is 0 Å². The van der Waals surface area contributed by atoms with Gasteiger partial charge in [-0.2, -0.15) is 0 Å². The summed E-state index contributed by atoms with van der Waals surface area (Å²) in [4.78, 5) is 2.46. The van der Waals surface area contributed by atoms with E-state index in [9.17, 15) is 0 Å². The van der Waals surface area contributed by atoms with Crippen molar-refractivity contribution < 1.29 is 0 Å². The average Bonchev–Trinajstić information content (AvgIpc) is 2.63. The molecule has 0 spiro atoms. The van der Waals surface area contributed by atoms with Gasteiger partial charge in [0.1, 0.15) is 11.6 Å². The number of aryl methyl sites for hydroxylation is 1. The van der Waals surface area contributed by atoms with Crippen molar-refractivity contribution >= 4 is 0 Å². The number of aromatic nitrogens is 3. The first-order valence-corrected chi connectivity index (χ1v) is 6.44. The molecule has 2 rings (SSSR count). The lowest BCUT2D eigenvalue weighted by atomic mass is 10.0. The van der Waals surface area contributed by atoms with Gasteiger partial charge >= 0.3 is 0 Å². The number of nitrogens with zero attached hydrogens (tertiary/aromatic N) is 4. The molecule has 1 unspecified atom stereocenters. The fraction of sp³-hybridized carbons (Fsp3) is 0.833. The van der Waals surface area contributed by atoms with Crippen LogP contribution in [0.5, 0.6) is 0 Å². The Kier molecular flexibility index (Phi) is 4.12. The molecule has 5 nitrogen and oxygen atoms in total. The van der Waals surface area contributed by atoms with Crippen molar-refractivity contribution in [3.05, 3.63) is 11.6 Å². The quantitative estimate of drug-likeness (QED) is 0.837. The van der Waals surface area contributed by atoms with Crippen LogP contribution in [0.1, 0.15) is 30.9 Å². The molecule has 2 heterocycles. The Morgan fingerprint density at radius 2 is 2.12 bits per heavy atom. The van der Waals surface area contributed by atoms with E-state index in [1.807, 2.05) is 18.5 Å². The molecule has 0 aromatic carbocycles. The summed E-state index contributed by atoms with van der Waals surface area (Å²) in [7, 11) is 4.23. The summed E-state index contributed by atoms with van der Waals surface area (Å²) in [6.07, 6.45) is 4.01. The largest absolute Gasteiger partial charge is 0.317 e. The predicted molar refractivity (Wildman–Crippen MR) is 67.7 cm³/mol. The minimum Gasteiger partial charge on any atom is -0.317 e. The maximum Gasteiger partial charge on any atom is 0.146 e. The van der Waals surface area contributed by atoms with Crippen LogP contribution in [-0.4, -0.2) is 45.8 Å². The van der Waals surface area contributed by atoms with Gasteiger partial charge in [0.25, 0.3) is 0 Å². The van der Waals surface area contributed by atoms with E-state index in [1.165, 1.54) is 25.8 Å². The lowest BCUT2D eigenvalue weighted by Gasteiger charge is -2.32. The van der Waals surface area contributed by atoms with Gasteiger partial charge in [0.15, 0.2) is 0 Å². The molecular weight excluding hydrogens is 214 g/mol. The number of hydrogen-bond acceptors (Lipinski definition) is 4. The van der Waals surface area contributed by atoms with E-state index in [0.29, 0.717) is 6.04 Å². The van der Waals surface area contributed by atoms with Gasteiger partial charge in [-0.25, -0.2) is 0 Å². The van der Waals surface area contributed by atoms with Crippen LogP contribution in [0, 0.1) is 6.92 Å². The highest BCUT2D eigenvalue weighted by atomic mass is 15.3. The van der Waals surface area contributed by atoms with Crippen LogP contribution in [0.15, 0.2) is 0 Å². The molecule has 0 bridgehead atoms. The fourth-order valence-corrected chi connectivity index (χ4v) is 2.36. The molecule has 0 amide bonds. The van der Waals surface area contributed by atoms with E-state index in [1.54, 1.807) is 0 Å². The third kappa shape index (κ3) is 3.04. The molecule has 1 N–H and O–H groups in total. The number of nitrogens with one attached hydrogen (secondary N) is 1. The topological polar surface area (TPSA) is 46.0 Å². The number of hydrogen-bond donors (Lipinski definition) is 1. The summed E-state index contributed by atoms with van der Waals surface area (Å²) in [6, 6.07) is 0.679. The minimum absolute atomic E-state index is 0.679. The molecule has 1 aromatic heterocycles. The maximum atomic E-state index is 4.15. The van der Waals surface area contributed by atoms with Gasteiger partial charge in [-0.05, 0) is 33.4 Å².